The van der Waals surface area contributed by atoms with Crippen molar-refractivity contribution in [1.29, 1.82) is 0 Å². The van der Waals surface area contributed by atoms with Crippen molar-refractivity contribution in [3.8, 4) is 0 Å². The average Bonchev–Trinajstić information content (AvgIpc) is 2.96. The highest BCUT2D eigenvalue weighted by Gasteiger charge is 2.11. The molecule has 86 valence electrons. The summed E-state index contributed by atoms with van der Waals surface area (Å²) in [6.07, 6.45) is 6.00. The van der Waals surface area contributed by atoms with E-state index in [2.05, 4.69) is 39.7 Å². The molecule has 16 heavy (non-hydrogen) atoms. The average molecular weight is 235 g/mol. The molecule has 0 aliphatic heterocycles. The summed E-state index contributed by atoms with van der Waals surface area (Å²) < 4.78 is 0. The molecule has 0 radical (unpaired) electrons. The van der Waals surface area contributed by atoms with Crippen LogP contribution in [0.4, 0.5) is 0 Å². The number of H-pyrrole nitrogens is 1. The van der Waals surface area contributed by atoms with Gasteiger partial charge in [0.1, 0.15) is 5.82 Å². The van der Waals surface area contributed by atoms with Gasteiger partial charge in [-0.05, 0) is 17.9 Å². The molecule has 0 aliphatic carbocycles. The fourth-order valence-corrected chi connectivity index (χ4v) is 2.57. The molecule has 1 unspecified atom stereocenters. The summed E-state index contributed by atoms with van der Waals surface area (Å²) in [5.41, 5.74) is 0. The Morgan fingerprint density at radius 2 is 2.50 bits per heavy atom. The van der Waals surface area contributed by atoms with Crippen molar-refractivity contribution in [2.24, 2.45) is 0 Å². The first-order valence-electron chi connectivity index (χ1n) is 5.65. The van der Waals surface area contributed by atoms with E-state index in [4.69, 9.17) is 0 Å². The highest BCUT2D eigenvalue weighted by Crippen LogP contribution is 2.23. The third-order valence-electron chi connectivity index (χ3n) is 2.53. The van der Waals surface area contributed by atoms with E-state index in [0.717, 1.165) is 12.4 Å². The summed E-state index contributed by atoms with van der Waals surface area (Å²) in [6.45, 7) is 3.02. The summed E-state index contributed by atoms with van der Waals surface area (Å²) in [7, 11) is 0. The number of thiophene rings is 1. The summed E-state index contributed by atoms with van der Waals surface area (Å²) in [5.74, 6) is 0.998. The van der Waals surface area contributed by atoms with Gasteiger partial charge in [-0.25, -0.2) is 4.98 Å². The van der Waals surface area contributed by atoms with Gasteiger partial charge in [0.2, 0.25) is 0 Å². The number of hydrogen-bond donors (Lipinski definition) is 2. The predicted molar refractivity (Wildman–Crippen MR) is 67.4 cm³/mol. The van der Waals surface area contributed by atoms with Crippen LogP contribution in [-0.4, -0.2) is 9.97 Å². The maximum Gasteiger partial charge on any atom is 0.120 e. The molecule has 0 spiro atoms. The van der Waals surface area contributed by atoms with Crippen LogP contribution >= 0.6 is 11.3 Å². The lowest BCUT2D eigenvalue weighted by atomic mass is 10.1. The molecule has 3 nitrogen and oxygen atoms in total. The number of nitrogens with one attached hydrogen (secondary N) is 2. The zero-order chi connectivity index (χ0) is 11.2. The molecular weight excluding hydrogens is 218 g/mol. The van der Waals surface area contributed by atoms with E-state index in [1.165, 1.54) is 17.7 Å². The van der Waals surface area contributed by atoms with Crippen molar-refractivity contribution in [3.05, 3.63) is 40.6 Å². The van der Waals surface area contributed by atoms with Gasteiger partial charge in [-0.2, -0.15) is 0 Å². The fourth-order valence-electron chi connectivity index (χ4n) is 1.74. The molecule has 0 fully saturated rings. The number of nitrogens with zero attached hydrogens (tertiary/aromatic N) is 1. The van der Waals surface area contributed by atoms with Crippen LogP contribution in [0.15, 0.2) is 29.9 Å². The number of aromatic amines is 1. The number of hydrogen-bond acceptors (Lipinski definition) is 3. The minimum absolute atomic E-state index is 0.454. The van der Waals surface area contributed by atoms with E-state index < -0.39 is 0 Å². The third-order valence-corrected chi connectivity index (χ3v) is 3.52. The lowest BCUT2D eigenvalue weighted by Gasteiger charge is -2.15. The van der Waals surface area contributed by atoms with E-state index in [1.807, 2.05) is 17.5 Å². The Morgan fingerprint density at radius 1 is 1.56 bits per heavy atom. The maximum absolute atomic E-state index is 4.21. The largest absolute Gasteiger partial charge is 0.348 e. The topological polar surface area (TPSA) is 40.7 Å². The lowest BCUT2D eigenvalue weighted by molar-refractivity contribution is 0.493. The van der Waals surface area contributed by atoms with Gasteiger partial charge in [-0.3, -0.25) is 0 Å². The lowest BCUT2D eigenvalue weighted by Crippen LogP contribution is -2.20. The third kappa shape index (κ3) is 2.93. The van der Waals surface area contributed by atoms with E-state index >= 15 is 0 Å². The van der Waals surface area contributed by atoms with Crippen LogP contribution < -0.4 is 5.32 Å². The number of imidazole rings is 1. The molecule has 0 saturated carbocycles. The normalized spacial score (nSPS) is 12.8. The molecule has 4 heteroatoms. The predicted octanol–water partition coefficient (Wildman–Crippen LogP) is 3.10. The van der Waals surface area contributed by atoms with Crippen LogP contribution in [0.2, 0.25) is 0 Å². The Morgan fingerprint density at radius 3 is 3.12 bits per heavy atom. The minimum atomic E-state index is 0.454. The van der Waals surface area contributed by atoms with E-state index in [1.54, 1.807) is 6.20 Å². The second kappa shape index (κ2) is 5.82. The molecule has 0 saturated heterocycles. The smallest absolute Gasteiger partial charge is 0.120 e. The zero-order valence-corrected chi connectivity index (χ0v) is 10.3. The highest BCUT2D eigenvalue weighted by atomic mass is 32.1. The van der Waals surface area contributed by atoms with Crippen molar-refractivity contribution in [1.82, 2.24) is 15.3 Å². The van der Waals surface area contributed by atoms with Crippen molar-refractivity contribution in [2.75, 3.05) is 0 Å². The van der Waals surface area contributed by atoms with Crippen LogP contribution in [0.25, 0.3) is 0 Å². The van der Waals surface area contributed by atoms with E-state index in [0.29, 0.717) is 6.04 Å². The molecule has 0 aliphatic rings. The van der Waals surface area contributed by atoms with Gasteiger partial charge in [-0.15, -0.1) is 11.3 Å². The summed E-state index contributed by atoms with van der Waals surface area (Å²) in [6, 6.07) is 4.76. The first-order chi connectivity index (χ1) is 7.90. The Balaban J connectivity index is 1.93. The molecule has 0 aromatic carbocycles. The first kappa shape index (κ1) is 11.4. The van der Waals surface area contributed by atoms with Gasteiger partial charge in [0, 0.05) is 23.3 Å². The molecule has 0 amide bonds. The van der Waals surface area contributed by atoms with Gasteiger partial charge >= 0.3 is 0 Å². The number of rotatable bonds is 6. The molecule has 2 aromatic rings. The van der Waals surface area contributed by atoms with Crippen molar-refractivity contribution in [2.45, 2.75) is 32.4 Å². The molecule has 2 heterocycles. The van der Waals surface area contributed by atoms with Crippen LogP contribution in [-0.2, 0) is 6.54 Å². The highest BCUT2D eigenvalue weighted by molar-refractivity contribution is 7.10. The summed E-state index contributed by atoms with van der Waals surface area (Å²) >= 11 is 1.82. The molecule has 0 bridgehead atoms. The molecule has 1 atom stereocenters. The molecular formula is C12H17N3S. The summed E-state index contributed by atoms with van der Waals surface area (Å²) in [5, 5.41) is 5.67. The van der Waals surface area contributed by atoms with Crippen LogP contribution in [0.3, 0.4) is 0 Å². The first-order valence-corrected chi connectivity index (χ1v) is 6.53. The van der Waals surface area contributed by atoms with Crippen LogP contribution in [0.5, 0.6) is 0 Å². The standard InChI is InChI=1S/C12H17N3S/c1-2-4-10(11-5-3-8-16-11)15-9-12-13-6-7-14-12/h3,5-8,10,15H,2,4,9H2,1H3,(H,13,14). The second-order valence-corrected chi connectivity index (χ2v) is 4.75. The monoisotopic (exact) mass is 235 g/mol. The van der Waals surface area contributed by atoms with Crippen LogP contribution in [0.1, 0.15) is 36.5 Å². The van der Waals surface area contributed by atoms with Gasteiger partial charge < -0.3 is 10.3 Å². The van der Waals surface area contributed by atoms with Gasteiger partial charge in [0.25, 0.3) is 0 Å². The maximum atomic E-state index is 4.21. The Bertz CT molecular complexity index is 380. The van der Waals surface area contributed by atoms with Crippen molar-refractivity contribution >= 4 is 11.3 Å². The number of aromatic nitrogens is 2. The van der Waals surface area contributed by atoms with Crippen molar-refractivity contribution in [3.63, 3.8) is 0 Å². The Kier molecular flexibility index (Phi) is 4.13. The van der Waals surface area contributed by atoms with Crippen LogP contribution in [0, 0.1) is 0 Å². The fraction of sp³-hybridized carbons (Fsp3) is 0.417. The molecule has 2 rings (SSSR count). The van der Waals surface area contributed by atoms with Crippen molar-refractivity contribution < 1.29 is 0 Å². The summed E-state index contributed by atoms with van der Waals surface area (Å²) in [4.78, 5) is 8.74. The quantitative estimate of drug-likeness (QED) is 0.807. The Hall–Kier alpha value is -1.13. The SMILES string of the molecule is CCCC(NCc1ncc[nH]1)c1cccs1. The zero-order valence-electron chi connectivity index (χ0n) is 9.44. The van der Waals surface area contributed by atoms with E-state index in [-0.39, 0.29) is 0 Å². The Labute approximate surface area is 99.9 Å². The second-order valence-electron chi connectivity index (χ2n) is 3.77. The molecule has 2 aromatic heterocycles. The van der Waals surface area contributed by atoms with E-state index in [9.17, 15) is 0 Å². The minimum Gasteiger partial charge on any atom is -0.348 e. The van der Waals surface area contributed by atoms with Gasteiger partial charge in [0.05, 0.1) is 6.54 Å². The van der Waals surface area contributed by atoms with Gasteiger partial charge in [-0.1, -0.05) is 19.4 Å². The van der Waals surface area contributed by atoms with Gasteiger partial charge in [0.15, 0.2) is 0 Å². The molecule has 2 N–H and O–H groups in total.